The van der Waals surface area contributed by atoms with E-state index in [4.69, 9.17) is 28.4 Å². The Morgan fingerprint density at radius 1 is 0.333 bits per heavy atom. The summed E-state index contributed by atoms with van der Waals surface area (Å²) in [5, 5.41) is 121. The molecule has 3 heterocycles. The first-order chi connectivity index (χ1) is 51.3. The van der Waals surface area contributed by atoms with Crippen molar-refractivity contribution in [3.05, 3.63) is 48.6 Å². The summed E-state index contributed by atoms with van der Waals surface area (Å²) in [5.74, 6) is -0.283. The lowest BCUT2D eigenvalue weighted by molar-refractivity contribution is -0.379. The predicted octanol–water partition coefficient (Wildman–Crippen LogP) is 15.6. The minimum Gasteiger partial charge on any atom is -0.394 e. The van der Waals surface area contributed by atoms with E-state index in [-0.39, 0.29) is 18.9 Å². The molecule has 12 N–H and O–H groups in total. The number of aliphatic hydroxyl groups is 11. The lowest BCUT2D eigenvalue weighted by atomic mass is 9.96. The minimum absolute atomic E-state index is 0.235. The van der Waals surface area contributed by atoms with Crippen molar-refractivity contribution in [2.45, 2.75) is 465 Å². The number of ether oxygens (including phenoxy) is 6. The van der Waals surface area contributed by atoms with Crippen LogP contribution in [0.25, 0.3) is 0 Å². The van der Waals surface area contributed by atoms with Gasteiger partial charge in [0, 0.05) is 6.42 Å². The summed E-state index contributed by atoms with van der Waals surface area (Å²) >= 11 is 0. The monoisotopic (exact) mass is 1490 g/mol. The largest absolute Gasteiger partial charge is 0.394 e. The quantitative estimate of drug-likeness (QED) is 0.0199. The number of hydrogen-bond acceptors (Lipinski definition) is 18. The molecule has 105 heavy (non-hydrogen) atoms. The maximum Gasteiger partial charge on any atom is 0.220 e. The highest BCUT2D eigenvalue weighted by Gasteiger charge is 2.54. The second-order valence-corrected chi connectivity index (χ2v) is 31.0. The molecule has 17 atom stereocenters. The molecule has 0 aromatic heterocycles. The van der Waals surface area contributed by atoms with Crippen LogP contribution < -0.4 is 5.32 Å². The van der Waals surface area contributed by atoms with Gasteiger partial charge < -0.3 is 89.9 Å². The van der Waals surface area contributed by atoms with Gasteiger partial charge in [-0.05, 0) is 70.6 Å². The van der Waals surface area contributed by atoms with Gasteiger partial charge in [-0.1, -0.05) is 332 Å². The summed E-state index contributed by atoms with van der Waals surface area (Å²) < 4.78 is 34.4. The molecule has 19 heteroatoms. The predicted molar refractivity (Wildman–Crippen MR) is 420 cm³/mol. The van der Waals surface area contributed by atoms with Crippen molar-refractivity contribution in [1.82, 2.24) is 5.32 Å². The number of carbonyl (C=O) groups is 1. The molecule has 3 fully saturated rings. The highest BCUT2D eigenvalue weighted by Crippen LogP contribution is 2.33. The lowest BCUT2D eigenvalue weighted by Gasteiger charge is -2.48. The summed E-state index contributed by atoms with van der Waals surface area (Å²) in [6, 6.07) is -0.997. The van der Waals surface area contributed by atoms with Gasteiger partial charge in [0.25, 0.3) is 0 Å². The SMILES string of the molecule is CCCCCCCCCC/C=C\CCCCCCCCCCCCCCCCCCCCCCCCCCCCCC(=O)NC(COC1OC(CO)C(OC2OC(CO)C(OC3OC(CO)C(O)C(O)C3O)C(O)C2O)C(O)C1O)C(O)/C=C/CC/C=C/CC/C=C/CCCCCCCCCCCCC. The Balaban J connectivity index is 1.31. The van der Waals surface area contributed by atoms with Crippen LogP contribution in [0.1, 0.15) is 361 Å². The van der Waals surface area contributed by atoms with Gasteiger partial charge in [0.15, 0.2) is 18.9 Å². The van der Waals surface area contributed by atoms with E-state index in [0.717, 1.165) is 44.9 Å². The van der Waals surface area contributed by atoms with E-state index < -0.39 is 124 Å². The first kappa shape index (κ1) is 96.9. The fourth-order valence-electron chi connectivity index (χ4n) is 14.6. The van der Waals surface area contributed by atoms with Gasteiger partial charge in [0.2, 0.25) is 5.91 Å². The molecule has 3 saturated heterocycles. The highest BCUT2D eigenvalue weighted by molar-refractivity contribution is 5.76. The first-order valence-corrected chi connectivity index (χ1v) is 43.4. The fourth-order valence-corrected chi connectivity index (χ4v) is 14.6. The number of amides is 1. The fraction of sp³-hybridized carbons (Fsp3) is 0.895. The Morgan fingerprint density at radius 3 is 0.952 bits per heavy atom. The number of rotatable bonds is 70. The van der Waals surface area contributed by atoms with Crippen LogP contribution in [0.4, 0.5) is 0 Å². The van der Waals surface area contributed by atoms with Gasteiger partial charge in [0.05, 0.1) is 38.6 Å². The van der Waals surface area contributed by atoms with E-state index in [2.05, 4.69) is 55.6 Å². The van der Waals surface area contributed by atoms with E-state index in [0.29, 0.717) is 12.8 Å². The normalized spacial score (nSPS) is 26.0. The van der Waals surface area contributed by atoms with Gasteiger partial charge in [0.1, 0.15) is 73.2 Å². The van der Waals surface area contributed by atoms with E-state index in [9.17, 15) is 61.0 Å². The third-order valence-corrected chi connectivity index (χ3v) is 21.6. The molecular formula is C86H159NO18. The zero-order chi connectivity index (χ0) is 76.0. The molecule has 0 radical (unpaired) electrons. The number of allylic oxidation sites excluding steroid dienone is 7. The number of nitrogens with one attached hydrogen (secondary N) is 1. The van der Waals surface area contributed by atoms with Crippen molar-refractivity contribution in [3.63, 3.8) is 0 Å². The number of carbonyl (C=O) groups excluding carboxylic acids is 1. The van der Waals surface area contributed by atoms with Crippen molar-refractivity contribution >= 4 is 5.91 Å². The summed E-state index contributed by atoms with van der Waals surface area (Å²) in [6.07, 6.45) is 58.5. The Hall–Kier alpha value is -2.25. The van der Waals surface area contributed by atoms with Crippen LogP contribution in [-0.4, -0.2) is 193 Å². The van der Waals surface area contributed by atoms with E-state index in [1.54, 1.807) is 6.08 Å². The third-order valence-electron chi connectivity index (χ3n) is 21.6. The van der Waals surface area contributed by atoms with Crippen molar-refractivity contribution < 1.29 is 89.4 Å². The van der Waals surface area contributed by atoms with Gasteiger partial charge in [-0.3, -0.25) is 4.79 Å². The average molecular weight is 1500 g/mol. The Labute approximate surface area is 637 Å². The smallest absolute Gasteiger partial charge is 0.220 e. The third kappa shape index (κ3) is 45.8. The molecule has 0 spiro atoms. The van der Waals surface area contributed by atoms with Crippen LogP contribution in [0.15, 0.2) is 48.6 Å². The Morgan fingerprint density at radius 2 is 0.610 bits per heavy atom. The van der Waals surface area contributed by atoms with Crippen LogP contribution in [0.2, 0.25) is 0 Å². The zero-order valence-corrected chi connectivity index (χ0v) is 66.2. The highest BCUT2D eigenvalue weighted by atomic mass is 16.8. The standard InChI is InChI=1S/C86H159NO18/c1-3-5-7-9-11-13-15-17-19-21-23-25-26-27-28-29-30-31-32-33-34-35-36-37-38-39-40-41-42-44-46-48-50-52-54-56-58-60-62-64-74(92)87-69(70(91)63-61-59-57-55-53-51-49-47-45-43-24-22-20-18-16-14-12-10-8-6-4-2)68-100-84-80(98)77(95)82(72(66-89)102-84)105-86-81(99)78(96)83(73(67-90)103-86)104-85-79(97)76(94)75(93)71(65-88)101-85/h21,23,45,47,53,55,61,63,69-73,75-86,88-91,93-99H,3-20,22,24-44,46,48-52,54,56-60,62,64-68H2,1-2H3,(H,87,92)/b23-21-,47-45+,55-53+,63-61+. The van der Waals surface area contributed by atoms with E-state index >= 15 is 0 Å². The average Bonchev–Trinajstić information content (AvgIpc) is 0.780. The summed E-state index contributed by atoms with van der Waals surface area (Å²) in [6.45, 7) is 1.75. The molecule has 3 aliphatic heterocycles. The van der Waals surface area contributed by atoms with Crippen LogP contribution >= 0.6 is 0 Å². The maximum atomic E-state index is 13.5. The molecule has 3 aliphatic rings. The Kier molecular flexibility index (Phi) is 61.3. The van der Waals surface area contributed by atoms with Gasteiger partial charge >= 0.3 is 0 Å². The zero-order valence-electron chi connectivity index (χ0n) is 66.2. The van der Waals surface area contributed by atoms with Gasteiger partial charge in [-0.2, -0.15) is 0 Å². The summed E-state index contributed by atoms with van der Waals surface area (Å²) in [5.41, 5.74) is 0. The van der Waals surface area contributed by atoms with Crippen LogP contribution in [0, 0.1) is 0 Å². The molecular weight excluding hydrogens is 1330 g/mol. The molecule has 3 rings (SSSR count). The molecule has 19 nitrogen and oxygen atoms in total. The van der Waals surface area contributed by atoms with Crippen LogP contribution in [-0.2, 0) is 33.2 Å². The van der Waals surface area contributed by atoms with Gasteiger partial charge in [-0.25, -0.2) is 0 Å². The van der Waals surface area contributed by atoms with Crippen molar-refractivity contribution in [1.29, 1.82) is 0 Å². The number of unbranched alkanes of at least 4 members (excludes halogenated alkanes) is 48. The summed E-state index contributed by atoms with van der Waals surface area (Å²) in [4.78, 5) is 13.5. The van der Waals surface area contributed by atoms with E-state index in [1.807, 2.05) is 6.08 Å². The molecule has 616 valence electrons. The second kappa shape index (κ2) is 66.4. The topological polar surface area (TPSA) is 307 Å². The van der Waals surface area contributed by atoms with Gasteiger partial charge in [-0.15, -0.1) is 0 Å². The first-order valence-electron chi connectivity index (χ1n) is 43.4. The van der Waals surface area contributed by atoms with Crippen molar-refractivity contribution in [2.24, 2.45) is 0 Å². The number of aliphatic hydroxyl groups excluding tert-OH is 11. The van der Waals surface area contributed by atoms with Crippen LogP contribution in [0.5, 0.6) is 0 Å². The molecule has 0 aromatic rings. The molecule has 0 saturated carbocycles. The minimum atomic E-state index is -1.98. The molecule has 1 amide bonds. The Bertz CT molecular complexity index is 2080. The molecule has 0 bridgehead atoms. The number of hydrogen-bond donors (Lipinski definition) is 12. The molecule has 0 aliphatic carbocycles. The van der Waals surface area contributed by atoms with Crippen molar-refractivity contribution in [3.8, 4) is 0 Å². The second-order valence-electron chi connectivity index (χ2n) is 31.0. The van der Waals surface area contributed by atoms with Crippen molar-refractivity contribution in [2.75, 3.05) is 26.4 Å². The molecule has 0 aromatic carbocycles. The maximum absolute atomic E-state index is 13.5. The van der Waals surface area contributed by atoms with E-state index in [1.165, 1.54) is 283 Å². The van der Waals surface area contributed by atoms with Crippen LogP contribution in [0.3, 0.4) is 0 Å². The lowest BCUT2D eigenvalue weighted by Crippen LogP contribution is -2.66. The molecule has 17 unspecified atom stereocenters. The summed E-state index contributed by atoms with van der Waals surface area (Å²) in [7, 11) is 0.